The largest absolute Gasteiger partial charge is 0.378 e. The number of hydrogen-bond acceptors (Lipinski definition) is 3. The molecule has 0 unspecified atom stereocenters. The molecule has 3 rings (SSSR count). The molecular formula is C19H34N2O2. The summed E-state index contributed by atoms with van der Waals surface area (Å²) in [7, 11) is 2.15. The molecule has 3 fully saturated rings. The van der Waals surface area contributed by atoms with Gasteiger partial charge in [-0.3, -0.25) is 9.69 Å². The molecule has 132 valence electrons. The van der Waals surface area contributed by atoms with E-state index in [9.17, 15) is 4.79 Å². The summed E-state index contributed by atoms with van der Waals surface area (Å²) in [5.41, 5.74) is 0.335. The minimum atomic E-state index is 0.326. The molecule has 23 heavy (non-hydrogen) atoms. The first kappa shape index (κ1) is 17.2. The molecule has 1 heterocycles. The summed E-state index contributed by atoms with van der Waals surface area (Å²) in [6.45, 7) is 7.68. The number of likely N-dealkylation sites (tertiary alicyclic amines) is 1. The Morgan fingerprint density at radius 1 is 1.26 bits per heavy atom. The summed E-state index contributed by atoms with van der Waals surface area (Å²) in [4.78, 5) is 17.0. The molecule has 1 amide bonds. The highest BCUT2D eigenvalue weighted by Gasteiger charge is 2.58. The molecule has 2 atom stereocenters. The lowest BCUT2D eigenvalue weighted by molar-refractivity contribution is -0.165. The highest BCUT2D eigenvalue weighted by Crippen LogP contribution is 2.56. The van der Waals surface area contributed by atoms with Crippen molar-refractivity contribution in [3.8, 4) is 0 Å². The molecule has 4 heteroatoms. The predicted molar refractivity (Wildman–Crippen MR) is 92.3 cm³/mol. The van der Waals surface area contributed by atoms with Crippen molar-refractivity contribution in [2.45, 2.75) is 70.9 Å². The van der Waals surface area contributed by atoms with E-state index in [2.05, 4.69) is 30.7 Å². The van der Waals surface area contributed by atoms with Gasteiger partial charge >= 0.3 is 0 Å². The van der Waals surface area contributed by atoms with E-state index in [0.717, 1.165) is 44.9 Å². The van der Waals surface area contributed by atoms with Crippen LogP contribution < -0.4 is 0 Å². The molecule has 0 aromatic heterocycles. The highest BCUT2D eigenvalue weighted by molar-refractivity contribution is 5.78. The van der Waals surface area contributed by atoms with Gasteiger partial charge in [0.25, 0.3) is 0 Å². The van der Waals surface area contributed by atoms with Crippen molar-refractivity contribution < 1.29 is 9.53 Å². The molecule has 0 N–H and O–H groups in total. The lowest BCUT2D eigenvalue weighted by Crippen LogP contribution is -2.64. The zero-order valence-corrected chi connectivity index (χ0v) is 15.2. The third-order valence-corrected chi connectivity index (χ3v) is 6.70. The monoisotopic (exact) mass is 322 g/mol. The smallest absolute Gasteiger partial charge is 0.236 e. The lowest BCUT2D eigenvalue weighted by atomic mass is 9.60. The van der Waals surface area contributed by atoms with Crippen LogP contribution in [-0.4, -0.2) is 61.1 Å². The van der Waals surface area contributed by atoms with Gasteiger partial charge in [0.2, 0.25) is 5.91 Å². The number of amides is 1. The first-order valence-corrected chi connectivity index (χ1v) is 9.66. The maximum atomic E-state index is 12.6. The Morgan fingerprint density at radius 2 is 1.91 bits per heavy atom. The van der Waals surface area contributed by atoms with Crippen LogP contribution in [-0.2, 0) is 9.53 Å². The molecule has 1 aliphatic heterocycles. The maximum Gasteiger partial charge on any atom is 0.236 e. The zero-order chi connectivity index (χ0) is 16.4. The Kier molecular flexibility index (Phi) is 5.32. The first-order valence-electron chi connectivity index (χ1n) is 9.66. The number of carbonyl (C=O) groups is 1. The SMILES string of the molecule is CCO[C@H]1C[C@@H](N(C)CC(=O)N2CCC(C)CC2)C12CCCC2. The second-order valence-corrected chi connectivity index (χ2v) is 8.11. The van der Waals surface area contributed by atoms with Gasteiger partial charge in [0.1, 0.15) is 0 Å². The van der Waals surface area contributed by atoms with Crippen LogP contribution in [0.25, 0.3) is 0 Å². The number of likely N-dealkylation sites (N-methyl/N-ethyl adjacent to an activating group) is 1. The van der Waals surface area contributed by atoms with E-state index in [1.807, 2.05) is 0 Å². The molecular weight excluding hydrogens is 288 g/mol. The lowest BCUT2D eigenvalue weighted by Gasteiger charge is -2.57. The summed E-state index contributed by atoms with van der Waals surface area (Å²) in [5.74, 6) is 1.10. The Labute approximate surface area is 141 Å². The van der Waals surface area contributed by atoms with Gasteiger partial charge in [-0.25, -0.2) is 0 Å². The molecule has 1 saturated heterocycles. The van der Waals surface area contributed by atoms with Gasteiger partial charge in [-0.15, -0.1) is 0 Å². The van der Waals surface area contributed by atoms with E-state index in [1.165, 1.54) is 25.7 Å². The number of ether oxygens (including phenoxy) is 1. The van der Waals surface area contributed by atoms with Gasteiger partial charge in [-0.1, -0.05) is 19.8 Å². The average Bonchev–Trinajstić information content (AvgIpc) is 3.04. The van der Waals surface area contributed by atoms with Gasteiger partial charge in [-0.2, -0.15) is 0 Å². The Balaban J connectivity index is 1.55. The number of rotatable bonds is 5. The van der Waals surface area contributed by atoms with Crippen molar-refractivity contribution in [2.24, 2.45) is 11.3 Å². The molecule has 3 aliphatic rings. The van der Waals surface area contributed by atoms with Crippen LogP contribution in [0.3, 0.4) is 0 Å². The molecule has 2 aliphatic carbocycles. The van der Waals surface area contributed by atoms with Crippen LogP contribution in [0, 0.1) is 11.3 Å². The molecule has 4 nitrogen and oxygen atoms in total. The maximum absolute atomic E-state index is 12.6. The third kappa shape index (κ3) is 3.30. The molecule has 0 aromatic carbocycles. The quantitative estimate of drug-likeness (QED) is 0.780. The van der Waals surface area contributed by atoms with Gasteiger partial charge in [0.05, 0.1) is 12.6 Å². The molecule has 0 bridgehead atoms. The fourth-order valence-corrected chi connectivity index (χ4v) is 5.15. The minimum absolute atomic E-state index is 0.326. The summed E-state index contributed by atoms with van der Waals surface area (Å²) in [6, 6.07) is 0.536. The van der Waals surface area contributed by atoms with E-state index in [0.29, 0.717) is 30.0 Å². The number of carbonyl (C=O) groups excluding carboxylic acids is 1. The van der Waals surface area contributed by atoms with Gasteiger partial charge in [0.15, 0.2) is 0 Å². The standard InChI is InChI=1S/C19H34N2O2/c1-4-23-17-13-16(19(17)9-5-6-10-19)20(3)14-18(22)21-11-7-15(2)8-12-21/h15-17H,4-14H2,1-3H3/t16-,17+/m1/s1. The van der Waals surface area contributed by atoms with E-state index in [4.69, 9.17) is 4.74 Å². The molecule has 1 spiro atoms. The van der Waals surface area contributed by atoms with Crippen molar-refractivity contribution >= 4 is 5.91 Å². The van der Waals surface area contributed by atoms with Crippen LogP contribution in [0.5, 0.6) is 0 Å². The van der Waals surface area contributed by atoms with Crippen LogP contribution in [0.2, 0.25) is 0 Å². The van der Waals surface area contributed by atoms with Crippen LogP contribution >= 0.6 is 0 Å². The van der Waals surface area contributed by atoms with E-state index in [-0.39, 0.29) is 0 Å². The fourth-order valence-electron chi connectivity index (χ4n) is 5.15. The van der Waals surface area contributed by atoms with E-state index < -0.39 is 0 Å². The Hall–Kier alpha value is -0.610. The van der Waals surface area contributed by atoms with Crippen molar-refractivity contribution in [3.63, 3.8) is 0 Å². The number of nitrogens with zero attached hydrogens (tertiary/aromatic N) is 2. The third-order valence-electron chi connectivity index (χ3n) is 6.70. The zero-order valence-electron chi connectivity index (χ0n) is 15.2. The topological polar surface area (TPSA) is 32.8 Å². The predicted octanol–water partition coefficient (Wildman–Crippen LogP) is 2.91. The highest BCUT2D eigenvalue weighted by atomic mass is 16.5. The number of piperidine rings is 1. The second-order valence-electron chi connectivity index (χ2n) is 8.11. The van der Waals surface area contributed by atoms with Crippen molar-refractivity contribution in [1.82, 2.24) is 9.80 Å². The van der Waals surface area contributed by atoms with E-state index in [1.54, 1.807) is 0 Å². The minimum Gasteiger partial charge on any atom is -0.378 e. The Morgan fingerprint density at radius 3 is 2.52 bits per heavy atom. The molecule has 0 aromatic rings. The second kappa shape index (κ2) is 7.10. The fraction of sp³-hybridized carbons (Fsp3) is 0.947. The summed E-state index contributed by atoms with van der Waals surface area (Å²) in [5, 5.41) is 0. The summed E-state index contributed by atoms with van der Waals surface area (Å²) in [6.07, 6.45) is 9.06. The van der Waals surface area contributed by atoms with Crippen molar-refractivity contribution in [3.05, 3.63) is 0 Å². The summed E-state index contributed by atoms with van der Waals surface area (Å²) >= 11 is 0. The van der Waals surface area contributed by atoms with Crippen LogP contribution in [0.4, 0.5) is 0 Å². The molecule has 2 saturated carbocycles. The van der Waals surface area contributed by atoms with Crippen molar-refractivity contribution in [1.29, 1.82) is 0 Å². The summed E-state index contributed by atoms with van der Waals surface area (Å²) < 4.78 is 6.01. The van der Waals surface area contributed by atoms with Gasteiger partial charge in [0, 0.05) is 31.2 Å². The van der Waals surface area contributed by atoms with Crippen LogP contribution in [0.1, 0.15) is 58.8 Å². The van der Waals surface area contributed by atoms with Crippen LogP contribution in [0.15, 0.2) is 0 Å². The number of hydrogen-bond donors (Lipinski definition) is 0. The average molecular weight is 322 g/mol. The van der Waals surface area contributed by atoms with Gasteiger partial charge in [-0.05, 0) is 52.0 Å². The normalized spacial score (nSPS) is 30.9. The van der Waals surface area contributed by atoms with Crippen molar-refractivity contribution in [2.75, 3.05) is 33.3 Å². The molecule has 0 radical (unpaired) electrons. The first-order chi connectivity index (χ1) is 11.1. The van der Waals surface area contributed by atoms with Gasteiger partial charge < -0.3 is 9.64 Å². The van der Waals surface area contributed by atoms with E-state index >= 15 is 0 Å². The Bertz CT molecular complexity index is 412.